The van der Waals surface area contributed by atoms with Crippen LogP contribution < -0.4 is 5.73 Å². The Labute approximate surface area is 95.4 Å². The third-order valence-corrected chi connectivity index (χ3v) is 5.10. The number of nitrogens with two attached hydrogens (primary N) is 1. The van der Waals surface area contributed by atoms with Crippen molar-refractivity contribution in [1.29, 1.82) is 0 Å². The van der Waals surface area contributed by atoms with E-state index >= 15 is 0 Å². The van der Waals surface area contributed by atoms with Gasteiger partial charge in [-0.2, -0.15) is 0 Å². The predicted molar refractivity (Wildman–Crippen MR) is 65.2 cm³/mol. The topological polar surface area (TPSA) is 26.0 Å². The Morgan fingerprint density at radius 1 is 1.27 bits per heavy atom. The van der Waals surface area contributed by atoms with E-state index in [0.29, 0.717) is 12.0 Å². The summed E-state index contributed by atoms with van der Waals surface area (Å²) >= 11 is 1.98. The molecule has 2 N–H and O–H groups in total. The summed E-state index contributed by atoms with van der Waals surface area (Å²) in [7, 11) is 0. The number of thioether (sulfide) groups is 1. The summed E-state index contributed by atoms with van der Waals surface area (Å²) in [5, 5.41) is 0. The Bertz CT molecular complexity index is 359. The van der Waals surface area contributed by atoms with Crippen LogP contribution in [0.4, 0.5) is 0 Å². The standard InChI is InChI=1S/C13H17NS/c14-13(9-4-3-5-9)11-8-15-12-7-2-1-6-10(11)12/h1-2,6-7,9,11,13H,3-5,8,14H2. The van der Waals surface area contributed by atoms with Crippen molar-refractivity contribution in [3.63, 3.8) is 0 Å². The fraction of sp³-hybridized carbons (Fsp3) is 0.538. The monoisotopic (exact) mass is 219 g/mol. The third-order valence-electron chi connectivity index (χ3n) is 3.90. The second kappa shape index (κ2) is 3.84. The van der Waals surface area contributed by atoms with Gasteiger partial charge in [-0.3, -0.25) is 0 Å². The quantitative estimate of drug-likeness (QED) is 0.827. The van der Waals surface area contributed by atoms with Crippen LogP contribution in [0.3, 0.4) is 0 Å². The Balaban J connectivity index is 1.83. The van der Waals surface area contributed by atoms with Crippen molar-refractivity contribution >= 4 is 11.8 Å². The second-order valence-corrected chi connectivity index (χ2v) is 5.79. The van der Waals surface area contributed by atoms with Crippen molar-refractivity contribution in [2.45, 2.75) is 36.1 Å². The summed E-state index contributed by atoms with van der Waals surface area (Å²) in [5.74, 6) is 2.59. The van der Waals surface area contributed by atoms with E-state index < -0.39 is 0 Å². The molecule has 2 heteroatoms. The summed E-state index contributed by atoms with van der Waals surface area (Å²) in [6.45, 7) is 0. The lowest BCUT2D eigenvalue weighted by Gasteiger charge is -2.34. The smallest absolute Gasteiger partial charge is 0.0145 e. The van der Waals surface area contributed by atoms with Gasteiger partial charge in [-0.15, -0.1) is 11.8 Å². The Kier molecular flexibility index (Phi) is 2.49. The van der Waals surface area contributed by atoms with Crippen molar-refractivity contribution in [1.82, 2.24) is 0 Å². The van der Waals surface area contributed by atoms with E-state index in [9.17, 15) is 0 Å². The lowest BCUT2D eigenvalue weighted by Crippen LogP contribution is -2.39. The highest BCUT2D eigenvalue weighted by molar-refractivity contribution is 7.99. The first-order valence-electron chi connectivity index (χ1n) is 5.83. The third kappa shape index (κ3) is 1.60. The molecule has 1 aromatic carbocycles. The molecule has 0 spiro atoms. The average molecular weight is 219 g/mol. The normalized spacial score (nSPS) is 27.1. The van der Waals surface area contributed by atoms with Crippen molar-refractivity contribution in [2.75, 3.05) is 5.75 Å². The summed E-state index contributed by atoms with van der Waals surface area (Å²) in [4.78, 5) is 1.46. The number of hydrogen-bond donors (Lipinski definition) is 1. The first kappa shape index (κ1) is 9.73. The SMILES string of the molecule is NC(C1CCC1)C1CSc2ccccc21. The molecule has 0 aromatic heterocycles. The second-order valence-electron chi connectivity index (χ2n) is 4.72. The molecule has 2 atom stereocenters. The zero-order chi connectivity index (χ0) is 10.3. The lowest BCUT2D eigenvalue weighted by atomic mass is 9.74. The van der Waals surface area contributed by atoms with Gasteiger partial charge < -0.3 is 5.73 Å². The maximum absolute atomic E-state index is 6.39. The molecular formula is C13H17NS. The van der Waals surface area contributed by atoms with Gasteiger partial charge in [-0.05, 0) is 30.4 Å². The van der Waals surface area contributed by atoms with Crippen LogP contribution in [0, 0.1) is 5.92 Å². The van der Waals surface area contributed by atoms with Crippen molar-refractivity contribution in [3.05, 3.63) is 29.8 Å². The number of hydrogen-bond acceptors (Lipinski definition) is 2. The molecular weight excluding hydrogens is 202 g/mol. The van der Waals surface area contributed by atoms with Gasteiger partial charge in [0.1, 0.15) is 0 Å². The molecule has 1 nitrogen and oxygen atoms in total. The Hall–Kier alpha value is -0.470. The van der Waals surface area contributed by atoms with Crippen LogP contribution in [-0.4, -0.2) is 11.8 Å². The molecule has 1 fully saturated rings. The van der Waals surface area contributed by atoms with Gasteiger partial charge in [0.15, 0.2) is 0 Å². The van der Waals surface area contributed by atoms with Crippen molar-refractivity contribution in [2.24, 2.45) is 11.7 Å². The van der Waals surface area contributed by atoms with Gasteiger partial charge in [0.25, 0.3) is 0 Å². The predicted octanol–water partition coefficient (Wildman–Crippen LogP) is 3.00. The van der Waals surface area contributed by atoms with E-state index in [-0.39, 0.29) is 0 Å². The molecule has 0 radical (unpaired) electrons. The highest BCUT2D eigenvalue weighted by Crippen LogP contribution is 2.44. The van der Waals surface area contributed by atoms with Crippen LogP contribution in [0.15, 0.2) is 29.2 Å². The molecule has 2 aliphatic rings. The molecule has 0 saturated heterocycles. The van der Waals surface area contributed by atoms with Crippen LogP contribution in [0.5, 0.6) is 0 Å². The molecule has 1 aliphatic heterocycles. The Morgan fingerprint density at radius 3 is 2.80 bits per heavy atom. The van der Waals surface area contributed by atoms with Crippen LogP contribution in [0.1, 0.15) is 30.7 Å². The molecule has 3 rings (SSSR count). The molecule has 1 heterocycles. The van der Waals surface area contributed by atoms with Gasteiger partial charge in [0.05, 0.1) is 0 Å². The van der Waals surface area contributed by atoms with Gasteiger partial charge in [-0.1, -0.05) is 24.6 Å². The van der Waals surface area contributed by atoms with E-state index in [1.165, 1.54) is 35.5 Å². The van der Waals surface area contributed by atoms with Crippen molar-refractivity contribution in [3.8, 4) is 0 Å². The highest BCUT2D eigenvalue weighted by atomic mass is 32.2. The summed E-state index contributed by atoms with van der Waals surface area (Å²) in [5.41, 5.74) is 7.89. The molecule has 1 aromatic rings. The first-order valence-corrected chi connectivity index (χ1v) is 6.82. The summed E-state index contributed by atoms with van der Waals surface area (Å²) in [6, 6.07) is 9.16. The van der Waals surface area contributed by atoms with E-state index in [1.807, 2.05) is 11.8 Å². The molecule has 80 valence electrons. The van der Waals surface area contributed by atoms with Crippen molar-refractivity contribution < 1.29 is 0 Å². The summed E-state index contributed by atoms with van der Waals surface area (Å²) < 4.78 is 0. The number of rotatable bonds is 2. The molecule has 0 bridgehead atoms. The molecule has 1 saturated carbocycles. The van der Waals surface area contributed by atoms with Gasteiger partial charge in [0.2, 0.25) is 0 Å². The van der Waals surface area contributed by atoms with Gasteiger partial charge in [0, 0.05) is 22.6 Å². The maximum atomic E-state index is 6.39. The molecule has 1 aliphatic carbocycles. The largest absolute Gasteiger partial charge is 0.327 e. The van der Waals surface area contributed by atoms with E-state index in [2.05, 4.69) is 24.3 Å². The minimum Gasteiger partial charge on any atom is -0.327 e. The molecule has 0 amide bonds. The zero-order valence-electron chi connectivity index (χ0n) is 8.86. The lowest BCUT2D eigenvalue weighted by molar-refractivity contribution is 0.243. The van der Waals surface area contributed by atoms with E-state index in [4.69, 9.17) is 5.73 Å². The molecule has 2 unspecified atom stereocenters. The zero-order valence-corrected chi connectivity index (χ0v) is 9.67. The summed E-state index contributed by atoms with van der Waals surface area (Å²) in [6.07, 6.45) is 4.09. The van der Waals surface area contributed by atoms with E-state index in [0.717, 1.165) is 5.92 Å². The minimum atomic E-state index is 0.398. The van der Waals surface area contributed by atoms with Crippen LogP contribution >= 0.6 is 11.8 Å². The Morgan fingerprint density at radius 2 is 2.07 bits per heavy atom. The van der Waals surface area contributed by atoms with Gasteiger partial charge >= 0.3 is 0 Å². The fourth-order valence-corrected chi connectivity index (χ4v) is 3.98. The van der Waals surface area contributed by atoms with Crippen LogP contribution in [-0.2, 0) is 0 Å². The van der Waals surface area contributed by atoms with Crippen LogP contribution in [0.2, 0.25) is 0 Å². The number of fused-ring (bicyclic) bond motifs is 1. The average Bonchev–Trinajstić information content (AvgIpc) is 2.58. The minimum absolute atomic E-state index is 0.398. The molecule has 15 heavy (non-hydrogen) atoms. The highest BCUT2D eigenvalue weighted by Gasteiger charge is 2.34. The fourth-order valence-electron chi connectivity index (χ4n) is 2.66. The first-order chi connectivity index (χ1) is 7.36. The maximum Gasteiger partial charge on any atom is 0.0145 e. The van der Waals surface area contributed by atoms with Crippen LogP contribution in [0.25, 0.3) is 0 Å². The van der Waals surface area contributed by atoms with E-state index in [1.54, 1.807) is 0 Å². The number of benzene rings is 1. The van der Waals surface area contributed by atoms with Gasteiger partial charge in [-0.25, -0.2) is 0 Å².